The third-order valence-corrected chi connectivity index (χ3v) is 7.99. The zero-order valence-electron chi connectivity index (χ0n) is 14.6. The van der Waals surface area contributed by atoms with Gasteiger partial charge in [0, 0.05) is 10.9 Å². The Kier molecular flexibility index (Phi) is 4.40. The molecule has 0 aliphatic rings. The lowest BCUT2D eigenvalue weighted by Gasteiger charge is -2.05. The van der Waals surface area contributed by atoms with Gasteiger partial charge in [-0.2, -0.15) is 5.21 Å². The molecule has 0 aliphatic heterocycles. The van der Waals surface area contributed by atoms with Crippen LogP contribution in [0.4, 0.5) is 0 Å². The van der Waals surface area contributed by atoms with Crippen molar-refractivity contribution in [3.8, 4) is 17.1 Å². The van der Waals surface area contributed by atoms with Crippen LogP contribution < -0.4 is 4.74 Å². The Morgan fingerprint density at radius 2 is 2.00 bits per heavy atom. The van der Waals surface area contributed by atoms with Crippen molar-refractivity contribution in [2.24, 2.45) is 0 Å². The molecule has 0 bridgehead atoms. The number of methoxy groups -OCH3 is 1. The van der Waals surface area contributed by atoms with E-state index in [-0.39, 0.29) is 5.75 Å². The van der Waals surface area contributed by atoms with Crippen molar-refractivity contribution in [2.45, 2.75) is 16.9 Å². The van der Waals surface area contributed by atoms with Gasteiger partial charge >= 0.3 is 0 Å². The highest BCUT2D eigenvalue weighted by Gasteiger charge is 2.24. The van der Waals surface area contributed by atoms with Gasteiger partial charge in [-0.25, -0.2) is 8.42 Å². The monoisotopic (exact) mass is 400 g/mol. The number of sulfone groups is 1. The quantitative estimate of drug-likeness (QED) is 0.551. The van der Waals surface area contributed by atoms with E-state index in [4.69, 9.17) is 4.74 Å². The zero-order chi connectivity index (χ0) is 19.0. The molecule has 27 heavy (non-hydrogen) atoms. The summed E-state index contributed by atoms with van der Waals surface area (Å²) < 4.78 is 32.8. The number of ether oxygens (including phenoxy) is 1. The smallest absolute Gasteiger partial charge is 0.204 e. The summed E-state index contributed by atoms with van der Waals surface area (Å²) in [4.78, 5) is 0. The molecule has 2 aromatic carbocycles. The Morgan fingerprint density at radius 1 is 1.19 bits per heavy atom. The van der Waals surface area contributed by atoms with Gasteiger partial charge in [-0.3, -0.25) is 0 Å². The van der Waals surface area contributed by atoms with Gasteiger partial charge in [0.2, 0.25) is 5.82 Å². The van der Waals surface area contributed by atoms with Gasteiger partial charge in [0.05, 0.1) is 17.6 Å². The van der Waals surface area contributed by atoms with E-state index in [9.17, 15) is 8.42 Å². The summed E-state index contributed by atoms with van der Waals surface area (Å²) in [5, 5.41) is 14.7. The second-order valence-electron chi connectivity index (χ2n) is 6.05. The van der Waals surface area contributed by atoms with E-state index >= 15 is 0 Å². The SMILES string of the molecule is COc1cccc2c(C)c(S(=O)(=O)Cc3cccc(-c4nn[nH]n4)c3)sc12. The predicted molar refractivity (Wildman–Crippen MR) is 104 cm³/mol. The second kappa shape index (κ2) is 6.75. The molecule has 0 spiro atoms. The lowest BCUT2D eigenvalue weighted by molar-refractivity contribution is 0.420. The van der Waals surface area contributed by atoms with Crippen LogP contribution in [0.15, 0.2) is 46.7 Å². The van der Waals surface area contributed by atoms with Crippen LogP contribution in [0, 0.1) is 6.92 Å². The standard InChI is InChI=1S/C18H16N4O3S2/c1-11-14-7-4-8-15(25-2)16(14)26-18(11)27(23,24)10-12-5-3-6-13(9-12)17-19-21-22-20-17/h3-9H,10H2,1-2H3,(H,19,20,21,22). The summed E-state index contributed by atoms with van der Waals surface area (Å²) >= 11 is 1.25. The first-order chi connectivity index (χ1) is 13.0. The average Bonchev–Trinajstić information content (AvgIpc) is 3.30. The lowest BCUT2D eigenvalue weighted by Crippen LogP contribution is -2.04. The van der Waals surface area contributed by atoms with Crippen LogP contribution in [0.25, 0.3) is 21.5 Å². The highest BCUT2D eigenvalue weighted by Crippen LogP contribution is 2.40. The third-order valence-electron chi connectivity index (χ3n) is 4.27. The van der Waals surface area contributed by atoms with E-state index in [2.05, 4.69) is 20.6 Å². The molecule has 4 aromatic rings. The Labute approximate surface area is 159 Å². The van der Waals surface area contributed by atoms with E-state index in [0.29, 0.717) is 26.9 Å². The molecule has 0 aliphatic carbocycles. The molecule has 4 rings (SSSR count). The Hall–Kier alpha value is -2.78. The van der Waals surface area contributed by atoms with Crippen molar-refractivity contribution in [2.75, 3.05) is 7.11 Å². The molecule has 0 radical (unpaired) electrons. The van der Waals surface area contributed by atoms with Crippen LogP contribution in [0.5, 0.6) is 5.75 Å². The third kappa shape index (κ3) is 3.19. The normalized spacial score (nSPS) is 11.8. The van der Waals surface area contributed by atoms with Crippen LogP contribution in [-0.4, -0.2) is 36.2 Å². The van der Waals surface area contributed by atoms with Gasteiger partial charge in [0.1, 0.15) is 9.96 Å². The highest BCUT2D eigenvalue weighted by molar-refractivity contribution is 7.93. The van der Waals surface area contributed by atoms with Crippen molar-refractivity contribution < 1.29 is 13.2 Å². The number of aromatic amines is 1. The van der Waals surface area contributed by atoms with E-state index in [0.717, 1.165) is 15.6 Å². The largest absolute Gasteiger partial charge is 0.495 e. The molecule has 0 fully saturated rings. The fourth-order valence-corrected chi connectivity index (χ4v) is 6.31. The van der Waals surface area contributed by atoms with Crippen molar-refractivity contribution in [3.63, 3.8) is 0 Å². The number of benzene rings is 2. The molecule has 0 amide bonds. The number of rotatable bonds is 5. The number of thiophene rings is 1. The Morgan fingerprint density at radius 3 is 2.74 bits per heavy atom. The van der Waals surface area contributed by atoms with E-state index < -0.39 is 9.84 Å². The van der Waals surface area contributed by atoms with E-state index in [1.54, 1.807) is 25.3 Å². The number of nitrogens with zero attached hydrogens (tertiary/aromatic N) is 3. The lowest BCUT2D eigenvalue weighted by atomic mass is 10.1. The number of nitrogens with one attached hydrogen (secondary N) is 1. The number of H-pyrrole nitrogens is 1. The van der Waals surface area contributed by atoms with Gasteiger partial charge in [-0.15, -0.1) is 21.5 Å². The summed E-state index contributed by atoms with van der Waals surface area (Å²) in [6.45, 7) is 1.83. The summed E-state index contributed by atoms with van der Waals surface area (Å²) in [5.41, 5.74) is 2.13. The summed E-state index contributed by atoms with van der Waals surface area (Å²) in [6.07, 6.45) is 0. The molecule has 0 atom stereocenters. The molecule has 0 unspecified atom stereocenters. The summed E-state index contributed by atoms with van der Waals surface area (Å²) in [7, 11) is -1.93. The molecular weight excluding hydrogens is 384 g/mol. The molecule has 2 aromatic heterocycles. The van der Waals surface area contributed by atoms with Crippen molar-refractivity contribution in [3.05, 3.63) is 53.6 Å². The number of aryl methyl sites for hydroxylation is 1. The fraction of sp³-hybridized carbons (Fsp3) is 0.167. The first-order valence-electron chi connectivity index (χ1n) is 8.11. The van der Waals surface area contributed by atoms with Crippen LogP contribution in [0.3, 0.4) is 0 Å². The maximum atomic E-state index is 13.1. The molecule has 7 nitrogen and oxygen atoms in total. The van der Waals surface area contributed by atoms with Crippen molar-refractivity contribution in [1.82, 2.24) is 20.6 Å². The minimum atomic E-state index is -3.52. The minimum Gasteiger partial charge on any atom is -0.495 e. The first kappa shape index (κ1) is 17.6. The molecule has 0 saturated heterocycles. The van der Waals surface area contributed by atoms with Crippen molar-refractivity contribution >= 4 is 31.3 Å². The summed E-state index contributed by atoms with van der Waals surface area (Å²) in [5.74, 6) is 1.01. The molecular formula is C18H16N4O3S2. The molecule has 9 heteroatoms. The van der Waals surface area contributed by atoms with E-state index in [1.807, 2.05) is 31.2 Å². The number of fused-ring (bicyclic) bond motifs is 1. The maximum Gasteiger partial charge on any atom is 0.204 e. The van der Waals surface area contributed by atoms with E-state index in [1.165, 1.54) is 11.3 Å². The number of hydrogen-bond donors (Lipinski definition) is 1. The Bertz CT molecular complexity index is 1210. The molecule has 138 valence electrons. The first-order valence-corrected chi connectivity index (χ1v) is 10.6. The van der Waals surface area contributed by atoms with Crippen molar-refractivity contribution in [1.29, 1.82) is 0 Å². The zero-order valence-corrected chi connectivity index (χ0v) is 16.3. The van der Waals surface area contributed by atoms with Gasteiger partial charge in [0.25, 0.3) is 0 Å². The van der Waals surface area contributed by atoms with Gasteiger partial charge in [-0.1, -0.05) is 30.3 Å². The van der Waals surface area contributed by atoms with Gasteiger partial charge in [0.15, 0.2) is 9.84 Å². The molecule has 0 saturated carbocycles. The minimum absolute atomic E-state index is 0.103. The molecule has 2 heterocycles. The number of aromatic nitrogens is 4. The predicted octanol–water partition coefficient (Wildman–Crippen LogP) is 3.37. The average molecular weight is 400 g/mol. The highest BCUT2D eigenvalue weighted by atomic mass is 32.2. The topological polar surface area (TPSA) is 97.8 Å². The van der Waals surface area contributed by atoms with Gasteiger partial charge in [-0.05, 0) is 35.4 Å². The fourth-order valence-electron chi connectivity index (χ4n) is 3.02. The van der Waals surface area contributed by atoms with Crippen LogP contribution in [0.2, 0.25) is 0 Å². The number of hydrogen-bond acceptors (Lipinski definition) is 7. The van der Waals surface area contributed by atoms with Crippen LogP contribution >= 0.6 is 11.3 Å². The maximum absolute atomic E-state index is 13.1. The van der Waals surface area contributed by atoms with Crippen LogP contribution in [0.1, 0.15) is 11.1 Å². The van der Waals surface area contributed by atoms with Gasteiger partial charge < -0.3 is 4.74 Å². The summed E-state index contributed by atoms with van der Waals surface area (Å²) in [6, 6.07) is 12.8. The second-order valence-corrected chi connectivity index (χ2v) is 9.25. The Balaban J connectivity index is 1.74. The molecule has 1 N–H and O–H groups in total. The van der Waals surface area contributed by atoms with Crippen LogP contribution in [-0.2, 0) is 15.6 Å². The number of tetrazole rings is 1.